The van der Waals surface area contributed by atoms with Gasteiger partial charge in [0.1, 0.15) is 12.7 Å². The monoisotopic (exact) mass is 363 g/mol. The normalized spacial score (nSPS) is 11.8. The number of amides is 1. The summed E-state index contributed by atoms with van der Waals surface area (Å²) < 4.78 is 1.70. The highest BCUT2D eigenvalue weighted by molar-refractivity contribution is 5.94. The van der Waals surface area contributed by atoms with Crippen molar-refractivity contribution in [2.75, 3.05) is 18.0 Å². The van der Waals surface area contributed by atoms with Crippen LogP contribution in [0.1, 0.15) is 42.7 Å². The predicted molar refractivity (Wildman–Crippen MR) is 107 cm³/mol. The number of nitrogens with zero attached hydrogens (tertiary/aromatic N) is 4. The lowest BCUT2D eigenvalue weighted by Gasteiger charge is -2.21. The maximum atomic E-state index is 12.6. The van der Waals surface area contributed by atoms with Gasteiger partial charge in [-0.25, -0.2) is 9.67 Å². The maximum Gasteiger partial charge on any atom is 0.251 e. The summed E-state index contributed by atoms with van der Waals surface area (Å²) in [5.74, 6) is -0.0750. The van der Waals surface area contributed by atoms with Crippen LogP contribution in [0.5, 0.6) is 0 Å². The molecule has 27 heavy (non-hydrogen) atoms. The number of carbonyl (C=O) groups excluding carboxylic acids is 1. The highest BCUT2D eigenvalue weighted by atomic mass is 16.1. The van der Waals surface area contributed by atoms with Gasteiger partial charge in [-0.2, -0.15) is 5.10 Å². The minimum atomic E-state index is -0.0928. The molecule has 6 heteroatoms. The lowest BCUT2D eigenvalue weighted by Crippen LogP contribution is -2.27. The van der Waals surface area contributed by atoms with Gasteiger partial charge in [0.15, 0.2) is 0 Å². The van der Waals surface area contributed by atoms with Crippen molar-refractivity contribution >= 4 is 11.6 Å². The van der Waals surface area contributed by atoms with Gasteiger partial charge in [-0.15, -0.1) is 0 Å². The minimum Gasteiger partial charge on any atom is -0.372 e. The van der Waals surface area contributed by atoms with Crippen molar-refractivity contribution in [3.8, 4) is 5.69 Å². The molecule has 2 aromatic carbocycles. The van der Waals surface area contributed by atoms with Gasteiger partial charge in [0, 0.05) is 24.3 Å². The van der Waals surface area contributed by atoms with Crippen LogP contribution in [0.2, 0.25) is 0 Å². The molecule has 6 nitrogen and oxygen atoms in total. The zero-order valence-electron chi connectivity index (χ0n) is 16.0. The predicted octanol–water partition coefficient (Wildman–Crippen LogP) is 3.60. The summed E-state index contributed by atoms with van der Waals surface area (Å²) in [5.41, 5.74) is 3.76. The molecule has 0 aliphatic carbocycles. The zero-order valence-corrected chi connectivity index (χ0v) is 16.0. The molecule has 0 spiro atoms. The van der Waals surface area contributed by atoms with Gasteiger partial charge in [-0.1, -0.05) is 12.1 Å². The summed E-state index contributed by atoms with van der Waals surface area (Å²) >= 11 is 0. The number of hydrogen-bond donors (Lipinski definition) is 1. The molecule has 3 aromatic rings. The van der Waals surface area contributed by atoms with E-state index < -0.39 is 0 Å². The first kappa shape index (κ1) is 18.6. The topological polar surface area (TPSA) is 63.1 Å². The first-order valence-corrected chi connectivity index (χ1v) is 9.23. The second-order valence-electron chi connectivity index (χ2n) is 6.35. The smallest absolute Gasteiger partial charge is 0.251 e. The van der Waals surface area contributed by atoms with Crippen molar-refractivity contribution in [2.45, 2.75) is 26.8 Å². The molecule has 0 bridgehead atoms. The Hall–Kier alpha value is -3.15. The van der Waals surface area contributed by atoms with Crippen LogP contribution in [-0.4, -0.2) is 33.8 Å². The van der Waals surface area contributed by atoms with Crippen LogP contribution in [0, 0.1) is 0 Å². The van der Waals surface area contributed by atoms with Crippen molar-refractivity contribution in [3.05, 3.63) is 72.3 Å². The summed E-state index contributed by atoms with van der Waals surface area (Å²) in [6.07, 6.45) is 3.16. The van der Waals surface area contributed by atoms with E-state index in [0.29, 0.717) is 5.56 Å². The van der Waals surface area contributed by atoms with Crippen LogP contribution in [-0.2, 0) is 0 Å². The van der Waals surface area contributed by atoms with Crippen molar-refractivity contribution in [1.82, 2.24) is 20.1 Å². The van der Waals surface area contributed by atoms with Crippen molar-refractivity contribution < 1.29 is 4.79 Å². The van der Waals surface area contributed by atoms with Crippen LogP contribution in [0.25, 0.3) is 5.69 Å². The molecule has 3 rings (SSSR count). The van der Waals surface area contributed by atoms with E-state index in [9.17, 15) is 4.79 Å². The zero-order chi connectivity index (χ0) is 19.2. The molecule has 0 saturated heterocycles. The molecule has 140 valence electrons. The number of anilines is 1. The van der Waals surface area contributed by atoms with E-state index >= 15 is 0 Å². The van der Waals surface area contributed by atoms with Crippen molar-refractivity contribution in [1.29, 1.82) is 0 Å². The fraction of sp³-hybridized carbons (Fsp3) is 0.286. The Bertz CT molecular complexity index is 853. The average molecular weight is 363 g/mol. The third kappa shape index (κ3) is 4.34. The lowest BCUT2D eigenvalue weighted by molar-refractivity contribution is 0.0940. The molecule has 1 unspecified atom stereocenters. The number of carbonyl (C=O) groups is 1. The molecule has 0 aliphatic heterocycles. The Morgan fingerprint density at radius 2 is 1.74 bits per heavy atom. The second-order valence-corrected chi connectivity index (χ2v) is 6.35. The molecular weight excluding hydrogens is 338 g/mol. The van der Waals surface area contributed by atoms with Gasteiger partial charge < -0.3 is 10.2 Å². The van der Waals surface area contributed by atoms with Crippen LogP contribution >= 0.6 is 0 Å². The number of rotatable bonds is 7. The summed E-state index contributed by atoms with van der Waals surface area (Å²) in [4.78, 5) is 18.8. The van der Waals surface area contributed by atoms with E-state index in [-0.39, 0.29) is 11.9 Å². The summed E-state index contributed by atoms with van der Waals surface area (Å²) in [6.45, 7) is 8.12. The molecule has 1 N–H and O–H groups in total. The van der Waals surface area contributed by atoms with Gasteiger partial charge in [0.25, 0.3) is 5.91 Å². The van der Waals surface area contributed by atoms with Gasteiger partial charge in [0.05, 0.1) is 11.7 Å². The maximum absolute atomic E-state index is 12.6. The summed E-state index contributed by atoms with van der Waals surface area (Å²) in [5, 5.41) is 7.17. The van der Waals surface area contributed by atoms with E-state index in [1.807, 2.05) is 55.5 Å². The molecule has 0 saturated carbocycles. The largest absolute Gasteiger partial charge is 0.372 e. The Morgan fingerprint density at radius 1 is 1.07 bits per heavy atom. The van der Waals surface area contributed by atoms with Crippen LogP contribution < -0.4 is 10.2 Å². The Labute approximate surface area is 159 Å². The Morgan fingerprint density at radius 3 is 2.30 bits per heavy atom. The molecule has 0 fully saturated rings. The lowest BCUT2D eigenvalue weighted by atomic mass is 10.1. The Kier molecular flexibility index (Phi) is 5.86. The SMILES string of the molecule is CCN(CC)c1ccc(C(=O)NC(C)c2ccc(-n3cncn3)cc2)cc1. The highest BCUT2D eigenvalue weighted by Gasteiger charge is 2.12. The van der Waals surface area contributed by atoms with E-state index in [1.165, 1.54) is 6.33 Å². The third-order valence-corrected chi connectivity index (χ3v) is 4.68. The number of hydrogen-bond acceptors (Lipinski definition) is 4. The van der Waals surface area contributed by atoms with Gasteiger partial charge in [0.2, 0.25) is 0 Å². The molecule has 1 amide bonds. The van der Waals surface area contributed by atoms with E-state index in [4.69, 9.17) is 0 Å². The first-order chi connectivity index (χ1) is 13.1. The summed E-state index contributed by atoms with van der Waals surface area (Å²) in [6, 6.07) is 15.6. The molecule has 0 aliphatic rings. The molecule has 0 radical (unpaired) electrons. The third-order valence-electron chi connectivity index (χ3n) is 4.68. The van der Waals surface area contributed by atoms with Crippen molar-refractivity contribution in [3.63, 3.8) is 0 Å². The number of nitrogens with one attached hydrogen (secondary N) is 1. The standard InChI is InChI=1S/C21H25N5O/c1-4-25(5-2)19-10-8-18(9-11-19)21(27)24-16(3)17-6-12-20(13-7-17)26-15-22-14-23-26/h6-16H,4-5H2,1-3H3,(H,24,27). The van der Waals surface area contributed by atoms with Gasteiger partial charge in [-0.05, 0) is 62.7 Å². The van der Waals surface area contributed by atoms with E-state index in [2.05, 4.69) is 34.1 Å². The van der Waals surface area contributed by atoms with Crippen LogP contribution in [0.15, 0.2) is 61.2 Å². The number of aromatic nitrogens is 3. The second kappa shape index (κ2) is 8.49. The first-order valence-electron chi connectivity index (χ1n) is 9.23. The average Bonchev–Trinajstić information content (AvgIpc) is 3.24. The molecular formula is C21H25N5O. The summed E-state index contributed by atoms with van der Waals surface area (Å²) in [7, 11) is 0. The van der Waals surface area contributed by atoms with Gasteiger partial charge >= 0.3 is 0 Å². The molecule has 1 atom stereocenters. The number of benzene rings is 2. The van der Waals surface area contributed by atoms with Crippen LogP contribution in [0.4, 0.5) is 5.69 Å². The highest BCUT2D eigenvalue weighted by Crippen LogP contribution is 2.18. The van der Waals surface area contributed by atoms with Crippen molar-refractivity contribution in [2.24, 2.45) is 0 Å². The fourth-order valence-corrected chi connectivity index (χ4v) is 3.03. The van der Waals surface area contributed by atoms with Crippen LogP contribution in [0.3, 0.4) is 0 Å². The quantitative estimate of drug-likeness (QED) is 0.697. The minimum absolute atomic E-state index is 0.0750. The van der Waals surface area contributed by atoms with E-state index in [0.717, 1.165) is 30.0 Å². The fourth-order valence-electron chi connectivity index (χ4n) is 3.03. The molecule has 1 heterocycles. The van der Waals surface area contributed by atoms with E-state index in [1.54, 1.807) is 11.0 Å². The molecule has 1 aromatic heterocycles. The Balaban J connectivity index is 1.65. The van der Waals surface area contributed by atoms with Gasteiger partial charge in [-0.3, -0.25) is 4.79 Å².